The molecule has 1 aromatic rings. The van der Waals surface area contributed by atoms with E-state index >= 15 is 0 Å². The van der Waals surface area contributed by atoms with Crippen LogP contribution >= 0.6 is 27.3 Å². The first-order valence-corrected chi connectivity index (χ1v) is 7.14. The molecule has 0 bridgehead atoms. The molecular weight excluding hydrogens is 302 g/mol. The minimum atomic E-state index is -0.749. The zero-order valence-corrected chi connectivity index (χ0v) is 12.8. The highest BCUT2D eigenvalue weighted by Crippen LogP contribution is 2.22. The summed E-state index contributed by atoms with van der Waals surface area (Å²) in [5, 5.41) is 10.9. The molecule has 0 spiro atoms. The van der Waals surface area contributed by atoms with Crippen molar-refractivity contribution < 1.29 is 9.90 Å². The predicted molar refractivity (Wildman–Crippen MR) is 74.7 cm³/mol. The molecule has 17 heavy (non-hydrogen) atoms. The molecule has 0 aromatic carbocycles. The first-order chi connectivity index (χ1) is 7.81. The molecule has 0 saturated carbocycles. The van der Waals surface area contributed by atoms with Gasteiger partial charge in [-0.2, -0.15) is 0 Å². The van der Waals surface area contributed by atoms with E-state index in [0.29, 0.717) is 0 Å². The molecule has 1 N–H and O–H groups in total. The van der Waals surface area contributed by atoms with E-state index < -0.39 is 5.97 Å². The van der Waals surface area contributed by atoms with Crippen LogP contribution in [0.5, 0.6) is 0 Å². The second-order valence-electron chi connectivity index (χ2n) is 4.79. The van der Waals surface area contributed by atoms with Crippen LogP contribution in [-0.4, -0.2) is 35.1 Å². The summed E-state index contributed by atoms with van der Waals surface area (Å²) in [5.74, 6) is -0.749. The van der Waals surface area contributed by atoms with E-state index in [9.17, 15) is 4.79 Å². The Morgan fingerprint density at radius 2 is 2.24 bits per heavy atom. The summed E-state index contributed by atoms with van der Waals surface area (Å²) in [6.07, 6.45) is 1.12. The minimum Gasteiger partial charge on any atom is -0.481 e. The standard InChI is InChI=1S/C12H18BrNO2S/c1-12(2,7-11(15)16)14(3)5-4-10-6-9(13)8-17-10/h6,8H,4-5,7H2,1-3H3,(H,15,16). The van der Waals surface area contributed by atoms with Crippen molar-refractivity contribution in [1.29, 1.82) is 0 Å². The van der Waals surface area contributed by atoms with E-state index in [-0.39, 0.29) is 12.0 Å². The smallest absolute Gasteiger partial charge is 0.305 e. The van der Waals surface area contributed by atoms with Gasteiger partial charge in [0.25, 0.3) is 0 Å². The van der Waals surface area contributed by atoms with Gasteiger partial charge in [0.2, 0.25) is 0 Å². The summed E-state index contributed by atoms with van der Waals surface area (Å²) in [6.45, 7) is 4.80. The number of carbonyl (C=O) groups is 1. The summed E-state index contributed by atoms with van der Waals surface area (Å²) < 4.78 is 1.12. The molecule has 1 heterocycles. The van der Waals surface area contributed by atoms with Gasteiger partial charge in [-0.3, -0.25) is 4.79 Å². The molecule has 0 aliphatic carbocycles. The summed E-state index contributed by atoms with van der Waals surface area (Å²) in [4.78, 5) is 14.2. The SMILES string of the molecule is CN(CCc1cc(Br)cs1)C(C)(C)CC(=O)O. The van der Waals surface area contributed by atoms with E-state index in [1.807, 2.05) is 20.9 Å². The molecule has 1 aromatic heterocycles. The summed E-state index contributed by atoms with van der Waals surface area (Å²) in [7, 11) is 1.98. The summed E-state index contributed by atoms with van der Waals surface area (Å²) in [5.41, 5.74) is -0.305. The fourth-order valence-corrected chi connectivity index (χ4v) is 3.01. The highest BCUT2D eigenvalue weighted by molar-refractivity contribution is 9.10. The molecule has 0 amide bonds. The third-order valence-electron chi connectivity index (χ3n) is 2.93. The van der Waals surface area contributed by atoms with Crippen LogP contribution in [0.15, 0.2) is 15.9 Å². The Balaban J connectivity index is 2.48. The monoisotopic (exact) mass is 319 g/mol. The number of carboxylic acids is 1. The van der Waals surface area contributed by atoms with Crippen molar-refractivity contribution in [3.05, 3.63) is 20.8 Å². The lowest BCUT2D eigenvalue weighted by Gasteiger charge is -2.34. The van der Waals surface area contributed by atoms with E-state index in [0.717, 1.165) is 17.4 Å². The topological polar surface area (TPSA) is 40.5 Å². The largest absolute Gasteiger partial charge is 0.481 e. The zero-order chi connectivity index (χ0) is 13.1. The van der Waals surface area contributed by atoms with Gasteiger partial charge in [0, 0.05) is 26.8 Å². The molecule has 0 atom stereocenters. The number of rotatable bonds is 6. The van der Waals surface area contributed by atoms with Crippen LogP contribution in [0.3, 0.4) is 0 Å². The second-order valence-corrected chi connectivity index (χ2v) is 6.70. The van der Waals surface area contributed by atoms with E-state index in [1.165, 1.54) is 4.88 Å². The average molecular weight is 320 g/mol. The number of halogens is 1. The minimum absolute atomic E-state index is 0.164. The third-order valence-corrected chi connectivity index (χ3v) is 4.69. The maximum Gasteiger partial charge on any atom is 0.305 e. The van der Waals surface area contributed by atoms with E-state index in [2.05, 4.69) is 32.3 Å². The number of hydrogen-bond acceptors (Lipinski definition) is 3. The van der Waals surface area contributed by atoms with Gasteiger partial charge in [-0.1, -0.05) is 0 Å². The lowest BCUT2D eigenvalue weighted by atomic mass is 9.98. The van der Waals surface area contributed by atoms with Crippen molar-refractivity contribution in [2.75, 3.05) is 13.6 Å². The van der Waals surface area contributed by atoms with E-state index in [4.69, 9.17) is 5.11 Å². The van der Waals surface area contributed by atoms with Gasteiger partial charge in [-0.25, -0.2) is 0 Å². The Hall–Kier alpha value is -0.390. The van der Waals surface area contributed by atoms with Gasteiger partial charge in [-0.15, -0.1) is 11.3 Å². The van der Waals surface area contributed by atoms with Crippen LogP contribution < -0.4 is 0 Å². The van der Waals surface area contributed by atoms with Crippen molar-refractivity contribution in [1.82, 2.24) is 4.90 Å². The van der Waals surface area contributed by atoms with Crippen molar-refractivity contribution >= 4 is 33.2 Å². The first kappa shape index (κ1) is 14.7. The maximum absolute atomic E-state index is 10.8. The van der Waals surface area contributed by atoms with Crippen LogP contribution in [0.2, 0.25) is 0 Å². The molecule has 0 saturated heterocycles. The normalized spacial score (nSPS) is 12.1. The van der Waals surface area contributed by atoms with Crippen molar-refractivity contribution in [2.45, 2.75) is 32.2 Å². The van der Waals surface area contributed by atoms with Crippen LogP contribution in [0.25, 0.3) is 0 Å². The maximum atomic E-state index is 10.8. The molecule has 1 rings (SSSR count). The molecular formula is C12H18BrNO2S. The van der Waals surface area contributed by atoms with Gasteiger partial charge < -0.3 is 10.0 Å². The molecule has 0 radical (unpaired) electrons. The number of likely N-dealkylation sites (N-methyl/N-ethyl adjacent to an activating group) is 1. The molecule has 3 nitrogen and oxygen atoms in total. The predicted octanol–water partition coefficient (Wildman–Crippen LogP) is 3.24. The number of nitrogens with zero attached hydrogens (tertiary/aromatic N) is 1. The quantitative estimate of drug-likeness (QED) is 0.875. The van der Waals surface area contributed by atoms with Crippen LogP contribution in [0, 0.1) is 0 Å². The Morgan fingerprint density at radius 1 is 1.59 bits per heavy atom. The Morgan fingerprint density at radius 3 is 2.71 bits per heavy atom. The Labute approximate surface area is 115 Å². The number of carboxylic acid groups (broad SMARTS) is 1. The van der Waals surface area contributed by atoms with E-state index in [1.54, 1.807) is 11.3 Å². The Kier molecular flexibility index (Phi) is 5.16. The molecule has 0 unspecified atom stereocenters. The van der Waals surface area contributed by atoms with Crippen LogP contribution in [0.1, 0.15) is 25.1 Å². The molecule has 0 aliphatic heterocycles. The second kappa shape index (κ2) is 5.98. The molecule has 0 fully saturated rings. The van der Waals surface area contributed by atoms with Gasteiger partial charge in [0.05, 0.1) is 6.42 Å². The fraction of sp³-hybridized carbons (Fsp3) is 0.583. The highest BCUT2D eigenvalue weighted by Gasteiger charge is 2.26. The molecule has 5 heteroatoms. The van der Waals surface area contributed by atoms with Crippen LogP contribution in [0.4, 0.5) is 0 Å². The lowest BCUT2D eigenvalue weighted by Crippen LogP contribution is -2.43. The van der Waals surface area contributed by atoms with Gasteiger partial charge in [-0.05, 0) is 49.3 Å². The van der Waals surface area contributed by atoms with Gasteiger partial charge in [0.1, 0.15) is 0 Å². The first-order valence-electron chi connectivity index (χ1n) is 5.47. The van der Waals surface area contributed by atoms with Gasteiger partial charge in [0.15, 0.2) is 0 Å². The van der Waals surface area contributed by atoms with Gasteiger partial charge >= 0.3 is 5.97 Å². The molecule has 96 valence electrons. The number of hydrogen-bond donors (Lipinski definition) is 1. The third kappa shape index (κ3) is 4.77. The average Bonchev–Trinajstić information content (AvgIpc) is 2.58. The number of aliphatic carboxylic acids is 1. The molecule has 0 aliphatic rings. The zero-order valence-electron chi connectivity index (χ0n) is 10.4. The van der Waals surface area contributed by atoms with Crippen molar-refractivity contribution in [2.24, 2.45) is 0 Å². The lowest BCUT2D eigenvalue weighted by molar-refractivity contribution is -0.139. The summed E-state index contributed by atoms with van der Waals surface area (Å²) in [6, 6.07) is 2.11. The van der Waals surface area contributed by atoms with Crippen molar-refractivity contribution in [3.8, 4) is 0 Å². The van der Waals surface area contributed by atoms with Crippen molar-refractivity contribution in [3.63, 3.8) is 0 Å². The Bertz CT molecular complexity index is 390. The fourth-order valence-electron chi connectivity index (χ4n) is 1.57. The summed E-state index contributed by atoms with van der Waals surface area (Å²) >= 11 is 5.16. The van der Waals surface area contributed by atoms with Crippen LogP contribution in [-0.2, 0) is 11.2 Å². The highest BCUT2D eigenvalue weighted by atomic mass is 79.9. The number of thiophene rings is 1.